The molecule has 4 rings (SSSR count). The van der Waals surface area contributed by atoms with Gasteiger partial charge in [-0.05, 0) is 37.4 Å². The van der Waals surface area contributed by atoms with Crippen LogP contribution in [0.3, 0.4) is 0 Å². The topological polar surface area (TPSA) is 43.7 Å². The number of rotatable bonds is 5. The second kappa shape index (κ2) is 8.63. The lowest BCUT2D eigenvalue weighted by Crippen LogP contribution is -2.44. The second-order valence-corrected chi connectivity index (χ2v) is 9.05. The van der Waals surface area contributed by atoms with E-state index in [-0.39, 0.29) is 5.56 Å². The van der Waals surface area contributed by atoms with Gasteiger partial charge in [-0.1, -0.05) is 11.6 Å². The van der Waals surface area contributed by atoms with Crippen LogP contribution in [0.15, 0.2) is 47.5 Å². The molecule has 1 atom stereocenters. The molecule has 2 aromatic carbocycles. The molecular formula is C21H22ClF2N3O2S. The molecule has 30 heavy (non-hydrogen) atoms. The predicted octanol–water partition coefficient (Wildman–Crippen LogP) is 4.56. The van der Waals surface area contributed by atoms with Gasteiger partial charge in [-0.15, -0.1) is 0 Å². The summed E-state index contributed by atoms with van der Waals surface area (Å²) in [6, 6.07) is 10.0. The van der Waals surface area contributed by atoms with Gasteiger partial charge in [0.05, 0.1) is 24.5 Å². The first-order valence-corrected chi connectivity index (χ1v) is 11.0. The van der Waals surface area contributed by atoms with Crippen LogP contribution < -0.4 is 9.64 Å². The molecular weight excluding hydrogens is 432 g/mol. The highest BCUT2D eigenvalue weighted by Crippen LogP contribution is 2.36. The molecule has 1 aliphatic heterocycles. The van der Waals surface area contributed by atoms with E-state index in [4.69, 9.17) is 16.3 Å². The molecule has 0 saturated carbocycles. The summed E-state index contributed by atoms with van der Waals surface area (Å²) in [4.78, 5) is 4.95. The highest BCUT2D eigenvalue weighted by Gasteiger charge is 2.26. The summed E-state index contributed by atoms with van der Waals surface area (Å²) < 4.78 is 47.4. The number of ether oxygens (including phenoxy) is 1. The van der Waals surface area contributed by atoms with Gasteiger partial charge in [0, 0.05) is 48.2 Å². The van der Waals surface area contributed by atoms with Crippen LogP contribution >= 0.6 is 11.6 Å². The number of piperazine rings is 1. The zero-order chi connectivity index (χ0) is 21.4. The Morgan fingerprint density at radius 3 is 2.50 bits per heavy atom. The van der Waals surface area contributed by atoms with Crippen molar-refractivity contribution in [3.05, 3.63) is 53.2 Å². The molecule has 1 unspecified atom stereocenters. The SMILES string of the molecule is COc1ccc([S+]([O-])n2cc(C(F)F)c3cc(Cl)ccc32)cc1N1CCN(C)CC1. The summed E-state index contributed by atoms with van der Waals surface area (Å²) >= 11 is 4.29. The Morgan fingerprint density at radius 1 is 1.10 bits per heavy atom. The molecule has 1 aliphatic rings. The number of likely N-dealkylation sites (N-methyl/N-ethyl adjacent to an activating group) is 1. The van der Waals surface area contributed by atoms with Gasteiger partial charge in [0.2, 0.25) is 0 Å². The van der Waals surface area contributed by atoms with Gasteiger partial charge in [-0.3, -0.25) is 0 Å². The Kier molecular flexibility index (Phi) is 6.11. The van der Waals surface area contributed by atoms with E-state index < -0.39 is 17.8 Å². The quantitative estimate of drug-likeness (QED) is 0.531. The molecule has 1 fully saturated rings. The van der Waals surface area contributed by atoms with Gasteiger partial charge in [0.1, 0.15) is 17.1 Å². The van der Waals surface area contributed by atoms with Gasteiger partial charge in [-0.2, -0.15) is 3.97 Å². The number of nitrogens with zero attached hydrogens (tertiary/aromatic N) is 3. The van der Waals surface area contributed by atoms with Crippen molar-refractivity contribution in [3.63, 3.8) is 0 Å². The van der Waals surface area contributed by atoms with Crippen molar-refractivity contribution < 1.29 is 18.1 Å². The highest BCUT2D eigenvalue weighted by atomic mass is 35.5. The maximum atomic E-state index is 13.6. The molecule has 1 aromatic heterocycles. The van der Waals surface area contributed by atoms with E-state index in [0.29, 0.717) is 26.6 Å². The van der Waals surface area contributed by atoms with Crippen LogP contribution in [0, 0.1) is 0 Å². The number of benzene rings is 2. The van der Waals surface area contributed by atoms with E-state index in [9.17, 15) is 13.3 Å². The predicted molar refractivity (Wildman–Crippen MR) is 116 cm³/mol. The Hall–Kier alpha value is -2.00. The molecule has 0 spiro atoms. The Balaban J connectivity index is 1.75. The lowest BCUT2D eigenvalue weighted by molar-refractivity contribution is 0.153. The Labute approximate surface area is 182 Å². The first-order valence-electron chi connectivity index (χ1n) is 9.51. The van der Waals surface area contributed by atoms with E-state index in [1.807, 2.05) is 6.07 Å². The van der Waals surface area contributed by atoms with Crippen LogP contribution in [0.2, 0.25) is 5.02 Å². The summed E-state index contributed by atoms with van der Waals surface area (Å²) in [7, 11) is 3.67. The molecule has 0 radical (unpaired) electrons. The van der Waals surface area contributed by atoms with E-state index in [2.05, 4.69) is 16.8 Å². The van der Waals surface area contributed by atoms with Gasteiger partial charge >= 0.3 is 0 Å². The first-order chi connectivity index (χ1) is 14.4. The van der Waals surface area contributed by atoms with E-state index in [1.165, 1.54) is 16.2 Å². The molecule has 0 aliphatic carbocycles. The Bertz CT molecular complexity index is 1050. The lowest BCUT2D eigenvalue weighted by atomic mass is 10.2. The number of fused-ring (bicyclic) bond motifs is 1. The van der Waals surface area contributed by atoms with Gasteiger partial charge in [0.25, 0.3) is 6.43 Å². The van der Waals surface area contributed by atoms with Crippen LogP contribution in [0.5, 0.6) is 5.75 Å². The second-order valence-electron chi connectivity index (χ2n) is 7.25. The summed E-state index contributed by atoms with van der Waals surface area (Å²) in [6.07, 6.45) is -1.44. The van der Waals surface area contributed by atoms with Crippen LogP contribution in [-0.4, -0.2) is 53.8 Å². The lowest BCUT2D eigenvalue weighted by Gasteiger charge is -2.34. The van der Waals surface area contributed by atoms with E-state index >= 15 is 0 Å². The van der Waals surface area contributed by atoms with Crippen LogP contribution in [0.1, 0.15) is 12.0 Å². The average Bonchev–Trinajstić information content (AvgIpc) is 3.12. The fraction of sp³-hybridized carbons (Fsp3) is 0.333. The fourth-order valence-electron chi connectivity index (χ4n) is 3.69. The summed E-state index contributed by atoms with van der Waals surface area (Å²) in [5.41, 5.74) is 1.11. The third kappa shape index (κ3) is 3.97. The minimum absolute atomic E-state index is 0.186. The van der Waals surface area contributed by atoms with Crippen molar-refractivity contribution in [3.8, 4) is 5.75 Å². The van der Waals surface area contributed by atoms with Crippen molar-refractivity contribution >= 4 is 39.6 Å². The van der Waals surface area contributed by atoms with E-state index in [1.54, 1.807) is 31.4 Å². The maximum absolute atomic E-state index is 13.6. The molecule has 5 nitrogen and oxygen atoms in total. The standard InChI is InChI=1S/C21H22ClF2N3O2S/c1-25-7-9-26(10-8-25)19-12-15(4-6-20(19)29-2)30(28)27-13-17(21(23)24)16-11-14(22)3-5-18(16)27/h3-6,11-13,21H,7-10H2,1-2H3. The van der Waals surface area contributed by atoms with Crippen LogP contribution in [0.4, 0.5) is 14.5 Å². The third-order valence-corrected chi connectivity index (χ3v) is 6.92. The smallest absolute Gasteiger partial charge is 0.266 e. The molecule has 2 heterocycles. The molecule has 160 valence electrons. The number of halogens is 3. The molecule has 0 amide bonds. The normalized spacial score (nSPS) is 16.4. The van der Waals surface area contributed by atoms with Crippen molar-refractivity contribution in [2.75, 3.05) is 45.2 Å². The van der Waals surface area contributed by atoms with Crippen molar-refractivity contribution in [1.29, 1.82) is 0 Å². The zero-order valence-electron chi connectivity index (χ0n) is 16.6. The number of alkyl halides is 2. The number of hydrogen-bond acceptors (Lipinski definition) is 4. The summed E-state index contributed by atoms with van der Waals surface area (Å²) in [5, 5.41) is 0.661. The number of hydrogen-bond donors (Lipinski definition) is 0. The zero-order valence-corrected chi connectivity index (χ0v) is 18.2. The van der Waals surface area contributed by atoms with Crippen molar-refractivity contribution in [1.82, 2.24) is 8.87 Å². The van der Waals surface area contributed by atoms with Gasteiger partial charge < -0.3 is 19.1 Å². The average molecular weight is 454 g/mol. The van der Waals surface area contributed by atoms with E-state index in [0.717, 1.165) is 31.9 Å². The number of aromatic nitrogens is 1. The number of anilines is 1. The molecule has 0 bridgehead atoms. The minimum atomic E-state index is -2.69. The molecule has 1 saturated heterocycles. The van der Waals surface area contributed by atoms with Crippen molar-refractivity contribution in [2.45, 2.75) is 11.3 Å². The van der Waals surface area contributed by atoms with Crippen LogP contribution in [0.25, 0.3) is 10.9 Å². The molecule has 9 heteroatoms. The summed E-state index contributed by atoms with van der Waals surface area (Å²) in [6.45, 7) is 3.47. The monoisotopic (exact) mass is 453 g/mol. The third-order valence-electron chi connectivity index (χ3n) is 5.37. The molecule has 3 aromatic rings. The first kappa shape index (κ1) is 21.2. The van der Waals surface area contributed by atoms with Crippen LogP contribution in [-0.2, 0) is 11.4 Å². The fourth-order valence-corrected chi connectivity index (χ4v) is 5.04. The Morgan fingerprint density at radius 2 is 1.83 bits per heavy atom. The van der Waals surface area contributed by atoms with Crippen molar-refractivity contribution in [2.24, 2.45) is 0 Å². The maximum Gasteiger partial charge on any atom is 0.266 e. The van der Waals surface area contributed by atoms with Gasteiger partial charge in [0.15, 0.2) is 4.90 Å². The minimum Gasteiger partial charge on any atom is -0.587 e. The number of methoxy groups -OCH3 is 1. The molecule has 0 N–H and O–H groups in total. The summed E-state index contributed by atoms with van der Waals surface area (Å²) in [5.74, 6) is 0.692. The highest BCUT2D eigenvalue weighted by molar-refractivity contribution is 7.90. The van der Waals surface area contributed by atoms with Gasteiger partial charge in [-0.25, -0.2) is 8.78 Å². The largest absolute Gasteiger partial charge is 0.587 e.